The van der Waals surface area contributed by atoms with Crippen LogP contribution in [0, 0.1) is 0 Å². The third-order valence-electron chi connectivity index (χ3n) is 6.17. The van der Waals surface area contributed by atoms with E-state index in [0.29, 0.717) is 6.42 Å². The van der Waals surface area contributed by atoms with E-state index in [4.69, 9.17) is 9.16 Å². The fraction of sp³-hybridized carbons (Fsp3) is 0.708. The van der Waals surface area contributed by atoms with Crippen LogP contribution in [0.25, 0.3) is 0 Å². The van der Waals surface area contributed by atoms with Crippen LogP contribution in [0.1, 0.15) is 60.8 Å². The smallest absolute Gasteiger partial charge is 0.408 e. The summed E-state index contributed by atoms with van der Waals surface area (Å²) in [5.41, 5.74) is -0.740. The largest absolute Gasteiger partial charge is 0.480 e. The summed E-state index contributed by atoms with van der Waals surface area (Å²) in [6.45, 7) is 23.2. The summed E-state index contributed by atoms with van der Waals surface area (Å²) in [5.74, 6) is -1.60. The SMILES string of the molecule is C=CCC(NC(=O)OC(C)(C)C)C(=O)N1[C@H](CC=C)[C@H](O[Si](C)(C)C(C)(C)C)C[C@H]1C(=O)O. The molecule has 188 valence electrons. The van der Waals surface area contributed by atoms with Gasteiger partial charge in [-0.3, -0.25) is 4.79 Å². The van der Waals surface area contributed by atoms with E-state index in [0.717, 1.165) is 0 Å². The number of hydrogen-bond donors (Lipinski definition) is 2. The lowest BCUT2D eigenvalue weighted by Gasteiger charge is -2.40. The number of carboxylic acid groups (broad SMARTS) is 1. The van der Waals surface area contributed by atoms with Crippen molar-refractivity contribution in [2.24, 2.45) is 0 Å². The summed E-state index contributed by atoms with van der Waals surface area (Å²) in [5, 5.41) is 12.5. The minimum absolute atomic E-state index is 0.0779. The van der Waals surface area contributed by atoms with Crippen LogP contribution in [0.4, 0.5) is 4.79 Å². The van der Waals surface area contributed by atoms with Crippen molar-refractivity contribution in [2.45, 2.75) is 109 Å². The van der Waals surface area contributed by atoms with Crippen LogP contribution in [-0.2, 0) is 18.8 Å². The molecule has 9 heteroatoms. The molecule has 0 aromatic heterocycles. The highest BCUT2D eigenvalue weighted by Gasteiger charge is 2.51. The lowest BCUT2D eigenvalue weighted by Crippen LogP contribution is -2.55. The summed E-state index contributed by atoms with van der Waals surface area (Å²) < 4.78 is 11.9. The van der Waals surface area contributed by atoms with Gasteiger partial charge < -0.3 is 24.5 Å². The van der Waals surface area contributed by atoms with Gasteiger partial charge in [0.15, 0.2) is 8.32 Å². The molecule has 8 nitrogen and oxygen atoms in total. The van der Waals surface area contributed by atoms with Gasteiger partial charge in [0.2, 0.25) is 5.91 Å². The average Bonchev–Trinajstić information content (AvgIpc) is 2.96. The molecule has 0 aromatic rings. The predicted molar refractivity (Wildman–Crippen MR) is 132 cm³/mol. The van der Waals surface area contributed by atoms with Crippen LogP contribution in [0.5, 0.6) is 0 Å². The monoisotopic (exact) mass is 482 g/mol. The van der Waals surface area contributed by atoms with E-state index in [9.17, 15) is 19.5 Å². The number of carbonyl (C=O) groups is 3. The molecule has 0 saturated carbocycles. The summed E-state index contributed by atoms with van der Waals surface area (Å²) in [4.78, 5) is 39.5. The first-order valence-electron chi connectivity index (χ1n) is 11.4. The van der Waals surface area contributed by atoms with Gasteiger partial charge in [-0.2, -0.15) is 0 Å². The van der Waals surface area contributed by atoms with E-state index >= 15 is 0 Å². The molecule has 1 unspecified atom stereocenters. The van der Waals surface area contributed by atoms with Gasteiger partial charge in [-0.05, 0) is 51.7 Å². The number of aliphatic carboxylic acids is 1. The molecule has 2 N–H and O–H groups in total. The highest BCUT2D eigenvalue weighted by Crippen LogP contribution is 2.41. The van der Waals surface area contributed by atoms with E-state index in [1.165, 1.54) is 11.0 Å². The molecule has 0 spiro atoms. The zero-order valence-corrected chi connectivity index (χ0v) is 22.4. The van der Waals surface area contributed by atoms with Crippen molar-refractivity contribution >= 4 is 26.3 Å². The van der Waals surface area contributed by atoms with Crippen molar-refractivity contribution in [3.63, 3.8) is 0 Å². The minimum atomic E-state index is -2.24. The van der Waals surface area contributed by atoms with Crippen LogP contribution >= 0.6 is 0 Å². The van der Waals surface area contributed by atoms with Crippen LogP contribution in [0.15, 0.2) is 25.3 Å². The number of rotatable bonds is 9. The molecule has 0 bridgehead atoms. The Morgan fingerprint density at radius 1 is 1.15 bits per heavy atom. The molecule has 2 amide bonds. The van der Waals surface area contributed by atoms with Gasteiger partial charge in [0, 0.05) is 6.42 Å². The van der Waals surface area contributed by atoms with Gasteiger partial charge in [-0.25, -0.2) is 9.59 Å². The van der Waals surface area contributed by atoms with Crippen molar-refractivity contribution in [3.05, 3.63) is 25.3 Å². The number of likely N-dealkylation sites (tertiary alicyclic amines) is 1. The van der Waals surface area contributed by atoms with Gasteiger partial charge in [-0.1, -0.05) is 32.9 Å². The average molecular weight is 483 g/mol. The highest BCUT2D eigenvalue weighted by molar-refractivity contribution is 6.74. The summed E-state index contributed by atoms with van der Waals surface area (Å²) in [6, 6.07) is -2.57. The Hall–Kier alpha value is -2.13. The second-order valence-corrected chi connectivity index (χ2v) is 15.8. The van der Waals surface area contributed by atoms with Crippen molar-refractivity contribution < 1.29 is 28.7 Å². The molecule has 1 heterocycles. The number of carbonyl (C=O) groups excluding carboxylic acids is 2. The predicted octanol–water partition coefficient (Wildman–Crippen LogP) is 4.48. The molecule has 1 rings (SSSR count). The molecule has 0 radical (unpaired) electrons. The summed E-state index contributed by atoms with van der Waals surface area (Å²) in [6.07, 6.45) is 2.68. The van der Waals surface area contributed by atoms with Crippen molar-refractivity contribution in [2.75, 3.05) is 0 Å². The van der Waals surface area contributed by atoms with Crippen LogP contribution < -0.4 is 5.32 Å². The second-order valence-electron chi connectivity index (χ2n) is 11.1. The zero-order chi connectivity index (χ0) is 25.8. The number of hydrogen-bond acceptors (Lipinski definition) is 5. The highest BCUT2D eigenvalue weighted by atomic mass is 28.4. The molecule has 4 atom stereocenters. The third kappa shape index (κ3) is 7.70. The topological polar surface area (TPSA) is 105 Å². The van der Waals surface area contributed by atoms with E-state index in [2.05, 4.69) is 52.3 Å². The Kier molecular flexibility index (Phi) is 9.51. The molecular weight excluding hydrogens is 440 g/mol. The van der Waals surface area contributed by atoms with E-state index in [1.54, 1.807) is 26.8 Å². The number of amides is 2. The lowest BCUT2D eigenvalue weighted by molar-refractivity contribution is -0.150. The Balaban J connectivity index is 3.30. The summed E-state index contributed by atoms with van der Waals surface area (Å²) >= 11 is 0. The first kappa shape index (κ1) is 28.9. The maximum absolute atomic E-state index is 13.6. The first-order chi connectivity index (χ1) is 14.9. The van der Waals surface area contributed by atoms with Gasteiger partial charge >= 0.3 is 12.1 Å². The Morgan fingerprint density at radius 3 is 2.15 bits per heavy atom. The van der Waals surface area contributed by atoms with Gasteiger partial charge in [0.25, 0.3) is 0 Å². The molecule has 33 heavy (non-hydrogen) atoms. The second kappa shape index (κ2) is 10.9. The molecule has 1 saturated heterocycles. The maximum atomic E-state index is 13.6. The maximum Gasteiger partial charge on any atom is 0.408 e. The number of nitrogens with one attached hydrogen (secondary N) is 1. The van der Waals surface area contributed by atoms with E-state index in [-0.39, 0.29) is 17.9 Å². The van der Waals surface area contributed by atoms with Gasteiger partial charge in [0.1, 0.15) is 17.7 Å². The third-order valence-corrected chi connectivity index (χ3v) is 10.7. The standard InChI is InChI=1S/C24H42N2O6Si/c1-11-13-16(25-22(30)31-23(3,4)5)20(27)26-17(14-12-2)19(15-18(26)21(28)29)32-33(9,10)24(6,7)8/h11-12,16-19H,1-2,13-15H2,3-10H3,(H,25,30)(H,28,29)/t16?,17-,18+,19-/m1/s1. The molecule has 0 aliphatic carbocycles. The van der Waals surface area contributed by atoms with Crippen LogP contribution in [-0.4, -0.2) is 66.1 Å². The van der Waals surface area contributed by atoms with Gasteiger partial charge in [-0.15, -0.1) is 13.2 Å². The lowest BCUT2D eigenvalue weighted by atomic mass is 10.1. The molecule has 1 fully saturated rings. The van der Waals surface area contributed by atoms with Gasteiger partial charge in [0.05, 0.1) is 12.1 Å². The normalized spacial score (nSPS) is 22.4. The molecular formula is C24H42N2O6Si. The fourth-order valence-electron chi connectivity index (χ4n) is 3.57. The number of ether oxygens (including phenoxy) is 1. The van der Waals surface area contributed by atoms with Crippen molar-refractivity contribution in [1.82, 2.24) is 10.2 Å². The molecule has 0 aromatic carbocycles. The van der Waals surface area contributed by atoms with Crippen LogP contribution in [0.2, 0.25) is 18.1 Å². The quantitative estimate of drug-likeness (QED) is 0.371. The summed E-state index contributed by atoms with van der Waals surface area (Å²) in [7, 11) is -2.24. The van der Waals surface area contributed by atoms with E-state index in [1.807, 2.05) is 0 Å². The first-order valence-corrected chi connectivity index (χ1v) is 14.3. The van der Waals surface area contributed by atoms with Crippen molar-refractivity contribution in [3.8, 4) is 0 Å². The van der Waals surface area contributed by atoms with E-state index < -0.39 is 56.1 Å². The fourth-order valence-corrected chi connectivity index (χ4v) is 4.94. The molecule has 1 aliphatic rings. The number of nitrogens with zero attached hydrogens (tertiary/aromatic N) is 1. The number of alkyl carbamates (subject to hydrolysis) is 1. The van der Waals surface area contributed by atoms with Crippen molar-refractivity contribution in [1.29, 1.82) is 0 Å². The van der Waals surface area contributed by atoms with Crippen LogP contribution in [0.3, 0.4) is 0 Å². The Labute approximate surface area is 199 Å². The Bertz CT molecular complexity index is 753. The minimum Gasteiger partial charge on any atom is -0.480 e. The Morgan fingerprint density at radius 2 is 1.73 bits per heavy atom. The number of carboxylic acids is 1. The molecule has 1 aliphatic heterocycles. The zero-order valence-electron chi connectivity index (χ0n) is 21.4.